The lowest BCUT2D eigenvalue weighted by molar-refractivity contribution is 1.07. The molecule has 0 aliphatic heterocycles. The second-order valence-electron chi connectivity index (χ2n) is 12.4. The number of hydrogen-bond acceptors (Lipinski definition) is 5. The number of para-hydroxylation sites is 2. The van der Waals surface area contributed by atoms with Crippen LogP contribution in [0.4, 0.5) is 0 Å². The van der Waals surface area contributed by atoms with Gasteiger partial charge in [-0.2, -0.15) is 0 Å². The highest BCUT2D eigenvalue weighted by atomic mass is 32.1. The Morgan fingerprint density at radius 1 is 0.380 bits per heavy atom. The number of hydrogen-bond donors (Lipinski definition) is 0. The average Bonchev–Trinajstić information content (AvgIpc) is 3.74. The molecule has 0 saturated carbocycles. The van der Waals surface area contributed by atoms with Crippen molar-refractivity contribution in [3.63, 3.8) is 0 Å². The molecule has 5 nitrogen and oxygen atoms in total. The van der Waals surface area contributed by atoms with Crippen LogP contribution < -0.4 is 0 Å². The molecular formula is C44H27N5S. The number of fused-ring (bicyclic) bond motifs is 6. The highest BCUT2D eigenvalue weighted by Crippen LogP contribution is 2.38. The van der Waals surface area contributed by atoms with Gasteiger partial charge in [-0.3, -0.25) is 4.98 Å². The Hall–Kier alpha value is -6.50. The maximum atomic E-state index is 5.20. The van der Waals surface area contributed by atoms with Gasteiger partial charge in [0, 0.05) is 65.7 Å². The number of thiophene rings is 1. The molecule has 0 aliphatic rings. The predicted molar refractivity (Wildman–Crippen MR) is 207 cm³/mol. The molecule has 0 bridgehead atoms. The highest BCUT2D eigenvalue weighted by molar-refractivity contribution is 7.25. The van der Waals surface area contributed by atoms with Gasteiger partial charge < -0.3 is 4.57 Å². The lowest BCUT2D eigenvalue weighted by atomic mass is 10.0. The summed E-state index contributed by atoms with van der Waals surface area (Å²) in [4.78, 5) is 19.7. The van der Waals surface area contributed by atoms with E-state index in [0.29, 0.717) is 17.5 Å². The predicted octanol–water partition coefficient (Wildman–Crippen LogP) is 11.4. The van der Waals surface area contributed by atoms with Crippen molar-refractivity contribution in [2.75, 3.05) is 0 Å². The van der Waals surface area contributed by atoms with Crippen molar-refractivity contribution in [3.05, 3.63) is 164 Å². The Labute approximate surface area is 291 Å². The largest absolute Gasteiger partial charge is 0.309 e. The maximum absolute atomic E-state index is 5.20. The molecule has 4 heterocycles. The van der Waals surface area contributed by atoms with Crippen molar-refractivity contribution in [1.29, 1.82) is 0 Å². The lowest BCUT2D eigenvalue weighted by Crippen LogP contribution is -2.01. The Bertz CT molecular complexity index is 2820. The van der Waals surface area contributed by atoms with E-state index >= 15 is 0 Å². The third kappa shape index (κ3) is 4.77. The van der Waals surface area contributed by atoms with E-state index in [2.05, 4.69) is 131 Å². The first-order valence-corrected chi connectivity index (χ1v) is 17.4. The summed E-state index contributed by atoms with van der Waals surface area (Å²) >= 11 is 1.79. The molecule has 234 valence electrons. The van der Waals surface area contributed by atoms with Crippen LogP contribution in [0.5, 0.6) is 0 Å². The molecule has 0 radical (unpaired) electrons. The van der Waals surface area contributed by atoms with Gasteiger partial charge in [0.25, 0.3) is 0 Å². The van der Waals surface area contributed by atoms with Gasteiger partial charge in [0.2, 0.25) is 0 Å². The second-order valence-corrected chi connectivity index (χ2v) is 13.4. The molecule has 10 aromatic rings. The molecule has 4 aromatic heterocycles. The first-order chi connectivity index (χ1) is 24.8. The number of pyridine rings is 1. The van der Waals surface area contributed by atoms with Crippen LogP contribution >= 0.6 is 11.3 Å². The molecule has 0 unspecified atom stereocenters. The van der Waals surface area contributed by atoms with Crippen LogP contribution in [-0.2, 0) is 0 Å². The molecule has 0 N–H and O–H groups in total. The minimum absolute atomic E-state index is 0.614. The van der Waals surface area contributed by atoms with Gasteiger partial charge in [-0.15, -0.1) is 11.3 Å². The van der Waals surface area contributed by atoms with Crippen LogP contribution in [0.3, 0.4) is 0 Å². The molecule has 0 saturated heterocycles. The summed E-state index contributed by atoms with van der Waals surface area (Å²) in [7, 11) is 0. The summed E-state index contributed by atoms with van der Waals surface area (Å²) in [6.45, 7) is 0. The fourth-order valence-electron chi connectivity index (χ4n) is 7.00. The number of aromatic nitrogens is 5. The molecule has 0 aliphatic carbocycles. The molecular weight excluding hydrogens is 631 g/mol. The van der Waals surface area contributed by atoms with Crippen molar-refractivity contribution in [2.24, 2.45) is 0 Å². The summed E-state index contributed by atoms with van der Waals surface area (Å²) < 4.78 is 4.82. The third-order valence-electron chi connectivity index (χ3n) is 9.33. The van der Waals surface area contributed by atoms with Gasteiger partial charge in [0.05, 0.1) is 11.0 Å². The molecule has 50 heavy (non-hydrogen) atoms. The first-order valence-electron chi connectivity index (χ1n) is 16.5. The van der Waals surface area contributed by atoms with E-state index in [1.807, 2.05) is 42.7 Å². The Balaban J connectivity index is 1.23. The molecule has 0 spiro atoms. The standard InChI is InChI=1S/C44H27N5S/c1-2-10-29(11-3-1)42-46-43(30-18-19-37-36-14-6-9-17-40(36)50-41(37)27-30)48-44(47-42)32-24-31(28-20-22-45-23-21-28)25-33(26-32)49-38-15-7-4-12-34(38)35-13-5-8-16-39(35)49/h1-27H. The maximum Gasteiger partial charge on any atom is 0.164 e. The van der Waals surface area contributed by atoms with Gasteiger partial charge in [0.15, 0.2) is 17.5 Å². The first kappa shape index (κ1) is 28.5. The molecule has 0 fully saturated rings. The van der Waals surface area contributed by atoms with E-state index in [1.54, 1.807) is 11.3 Å². The summed E-state index contributed by atoms with van der Waals surface area (Å²) in [6, 6.07) is 53.1. The van der Waals surface area contributed by atoms with Crippen molar-refractivity contribution < 1.29 is 0 Å². The van der Waals surface area contributed by atoms with E-state index < -0.39 is 0 Å². The quantitative estimate of drug-likeness (QED) is 0.185. The normalized spacial score (nSPS) is 11.6. The summed E-state index contributed by atoms with van der Waals surface area (Å²) in [5, 5.41) is 4.94. The zero-order valence-corrected chi connectivity index (χ0v) is 27.5. The van der Waals surface area contributed by atoms with Crippen molar-refractivity contribution in [3.8, 4) is 51.0 Å². The van der Waals surface area contributed by atoms with Crippen molar-refractivity contribution in [2.45, 2.75) is 0 Å². The molecule has 6 aromatic carbocycles. The molecule has 0 atom stereocenters. The number of nitrogens with zero attached hydrogens (tertiary/aromatic N) is 5. The highest BCUT2D eigenvalue weighted by Gasteiger charge is 2.18. The molecule has 6 heteroatoms. The van der Waals surface area contributed by atoms with Crippen LogP contribution in [0.15, 0.2) is 164 Å². The zero-order chi connectivity index (χ0) is 33.0. The number of rotatable bonds is 5. The van der Waals surface area contributed by atoms with Crippen LogP contribution in [0.2, 0.25) is 0 Å². The fraction of sp³-hybridized carbons (Fsp3) is 0. The van der Waals surface area contributed by atoms with E-state index in [1.165, 1.54) is 30.9 Å². The Morgan fingerprint density at radius 3 is 1.70 bits per heavy atom. The van der Waals surface area contributed by atoms with E-state index in [9.17, 15) is 0 Å². The van der Waals surface area contributed by atoms with Gasteiger partial charge in [-0.1, -0.05) is 97.1 Å². The molecule has 0 amide bonds. The Morgan fingerprint density at radius 2 is 0.960 bits per heavy atom. The van der Waals surface area contributed by atoms with Crippen molar-refractivity contribution >= 4 is 53.3 Å². The minimum atomic E-state index is 0.614. The van der Waals surface area contributed by atoms with E-state index in [4.69, 9.17) is 15.0 Å². The third-order valence-corrected chi connectivity index (χ3v) is 10.5. The van der Waals surface area contributed by atoms with Gasteiger partial charge in [0.1, 0.15) is 0 Å². The van der Waals surface area contributed by atoms with E-state index in [0.717, 1.165) is 44.5 Å². The molecule has 10 rings (SSSR count). The van der Waals surface area contributed by atoms with Crippen LogP contribution in [0.1, 0.15) is 0 Å². The smallest absolute Gasteiger partial charge is 0.164 e. The van der Waals surface area contributed by atoms with Crippen LogP contribution in [0, 0.1) is 0 Å². The van der Waals surface area contributed by atoms with Crippen molar-refractivity contribution in [1.82, 2.24) is 24.5 Å². The Kier molecular flexibility index (Phi) is 6.60. The lowest BCUT2D eigenvalue weighted by Gasteiger charge is -2.14. The minimum Gasteiger partial charge on any atom is -0.309 e. The van der Waals surface area contributed by atoms with Gasteiger partial charge >= 0.3 is 0 Å². The van der Waals surface area contributed by atoms with Crippen LogP contribution in [-0.4, -0.2) is 24.5 Å². The fourth-order valence-corrected chi connectivity index (χ4v) is 8.14. The SMILES string of the molecule is c1ccc(-c2nc(-c3cc(-c4ccncc4)cc(-n4c5ccccc5c5ccccc54)c3)nc(-c3ccc4c(c3)sc3ccccc34)n2)cc1. The summed E-state index contributed by atoms with van der Waals surface area (Å²) in [5.74, 6) is 1.89. The zero-order valence-electron chi connectivity index (χ0n) is 26.7. The average molecular weight is 658 g/mol. The monoisotopic (exact) mass is 657 g/mol. The second kappa shape index (κ2) is 11.6. The summed E-state index contributed by atoms with van der Waals surface area (Å²) in [5.41, 5.74) is 8.23. The summed E-state index contributed by atoms with van der Waals surface area (Å²) in [6.07, 6.45) is 3.67. The van der Waals surface area contributed by atoms with Gasteiger partial charge in [-0.25, -0.2) is 15.0 Å². The van der Waals surface area contributed by atoms with Gasteiger partial charge in [-0.05, 0) is 65.7 Å². The van der Waals surface area contributed by atoms with E-state index in [-0.39, 0.29) is 0 Å². The van der Waals surface area contributed by atoms with Crippen LogP contribution in [0.25, 0.3) is 93.0 Å². The number of benzene rings is 6. The topological polar surface area (TPSA) is 56.5 Å².